The Morgan fingerprint density at radius 1 is 1.04 bits per heavy atom. The van der Waals surface area contributed by atoms with Crippen molar-refractivity contribution < 1.29 is 0 Å². The monoisotopic (exact) mass is 406 g/mol. The van der Waals surface area contributed by atoms with Crippen molar-refractivity contribution >= 4 is 56.5 Å². The van der Waals surface area contributed by atoms with Crippen LogP contribution in [0.2, 0.25) is 10.0 Å². The van der Waals surface area contributed by atoms with Crippen molar-refractivity contribution in [2.75, 3.05) is 0 Å². The molecule has 25 heavy (non-hydrogen) atoms. The SMILES string of the molecule is Clc1ccc(Cn2cc(CSc3nc4cc(Cl)ccc4s3)nn2)cc1. The van der Waals surface area contributed by atoms with E-state index < -0.39 is 0 Å². The Kier molecular flexibility index (Phi) is 4.94. The molecule has 4 nitrogen and oxygen atoms in total. The van der Waals surface area contributed by atoms with E-state index in [0.29, 0.717) is 11.6 Å². The molecule has 0 aliphatic carbocycles. The van der Waals surface area contributed by atoms with Crippen molar-refractivity contribution in [3.8, 4) is 0 Å². The van der Waals surface area contributed by atoms with Crippen molar-refractivity contribution in [3.63, 3.8) is 0 Å². The summed E-state index contributed by atoms with van der Waals surface area (Å²) in [6.45, 7) is 0.675. The van der Waals surface area contributed by atoms with Gasteiger partial charge in [-0.25, -0.2) is 9.67 Å². The molecule has 0 bridgehead atoms. The molecule has 2 aromatic carbocycles. The molecule has 0 aliphatic rings. The summed E-state index contributed by atoms with van der Waals surface area (Å²) in [6.07, 6.45) is 1.96. The highest BCUT2D eigenvalue weighted by Gasteiger charge is 2.08. The summed E-state index contributed by atoms with van der Waals surface area (Å²) in [5.41, 5.74) is 3.00. The standard InChI is InChI=1S/C17H12Cl2N4S2/c18-12-3-1-11(2-4-12)8-23-9-14(21-22-23)10-24-17-20-15-7-13(19)5-6-16(15)25-17/h1-7,9H,8,10H2. The molecule has 4 rings (SSSR count). The van der Waals surface area contributed by atoms with Gasteiger partial charge in [-0.3, -0.25) is 0 Å². The molecule has 2 heterocycles. The average molecular weight is 407 g/mol. The molecular weight excluding hydrogens is 395 g/mol. The number of thioether (sulfide) groups is 1. The van der Waals surface area contributed by atoms with E-state index in [1.54, 1.807) is 23.1 Å². The van der Waals surface area contributed by atoms with Crippen LogP contribution < -0.4 is 0 Å². The Morgan fingerprint density at radius 3 is 2.68 bits per heavy atom. The fourth-order valence-electron chi connectivity index (χ4n) is 2.34. The Labute approximate surface area is 162 Å². The molecule has 8 heteroatoms. The minimum Gasteiger partial charge on any atom is -0.248 e. The third kappa shape index (κ3) is 4.15. The fourth-order valence-corrected chi connectivity index (χ4v) is 4.55. The van der Waals surface area contributed by atoms with Gasteiger partial charge in [-0.1, -0.05) is 52.3 Å². The minimum absolute atomic E-state index is 0.675. The van der Waals surface area contributed by atoms with Gasteiger partial charge in [0.1, 0.15) is 0 Å². The Bertz CT molecular complexity index is 1010. The summed E-state index contributed by atoms with van der Waals surface area (Å²) < 4.78 is 3.97. The van der Waals surface area contributed by atoms with Crippen LogP contribution in [0, 0.1) is 0 Å². The Hall–Kier alpha value is -1.60. The van der Waals surface area contributed by atoms with E-state index in [-0.39, 0.29) is 0 Å². The summed E-state index contributed by atoms with van der Waals surface area (Å²) in [6, 6.07) is 13.5. The van der Waals surface area contributed by atoms with Crippen LogP contribution in [0.1, 0.15) is 11.3 Å². The number of rotatable bonds is 5. The highest BCUT2D eigenvalue weighted by atomic mass is 35.5. The van der Waals surface area contributed by atoms with Gasteiger partial charge < -0.3 is 0 Å². The van der Waals surface area contributed by atoms with Gasteiger partial charge in [-0.05, 0) is 35.9 Å². The minimum atomic E-state index is 0.675. The van der Waals surface area contributed by atoms with Gasteiger partial charge in [0.15, 0.2) is 4.34 Å². The third-order valence-corrected chi connectivity index (χ3v) is 6.22. The van der Waals surface area contributed by atoms with E-state index in [9.17, 15) is 0 Å². The maximum absolute atomic E-state index is 6.01. The summed E-state index contributed by atoms with van der Waals surface area (Å²) in [5, 5.41) is 9.86. The van der Waals surface area contributed by atoms with Crippen molar-refractivity contribution in [3.05, 3.63) is 70.0 Å². The Morgan fingerprint density at radius 2 is 1.84 bits per heavy atom. The molecule has 2 aromatic heterocycles. The van der Waals surface area contributed by atoms with Crippen LogP contribution in [-0.2, 0) is 12.3 Å². The highest BCUT2D eigenvalue weighted by molar-refractivity contribution is 8.00. The molecule has 4 aromatic rings. The van der Waals surface area contributed by atoms with Crippen LogP contribution >= 0.6 is 46.3 Å². The lowest BCUT2D eigenvalue weighted by Crippen LogP contribution is -1.99. The smallest absolute Gasteiger partial charge is 0.151 e. The Balaban J connectivity index is 1.41. The van der Waals surface area contributed by atoms with Crippen LogP contribution in [0.5, 0.6) is 0 Å². The topological polar surface area (TPSA) is 43.6 Å². The van der Waals surface area contributed by atoms with Gasteiger partial charge in [-0.2, -0.15) is 0 Å². The summed E-state index contributed by atoms with van der Waals surface area (Å²) in [4.78, 5) is 4.60. The van der Waals surface area contributed by atoms with E-state index >= 15 is 0 Å². The van der Waals surface area contributed by atoms with Gasteiger partial charge in [-0.15, -0.1) is 16.4 Å². The highest BCUT2D eigenvalue weighted by Crippen LogP contribution is 2.32. The number of halogens is 2. The molecule has 0 unspecified atom stereocenters. The largest absolute Gasteiger partial charge is 0.248 e. The van der Waals surface area contributed by atoms with Gasteiger partial charge >= 0.3 is 0 Å². The number of aromatic nitrogens is 4. The van der Waals surface area contributed by atoms with Crippen molar-refractivity contribution in [2.24, 2.45) is 0 Å². The summed E-state index contributed by atoms with van der Waals surface area (Å²) in [5.74, 6) is 0.730. The summed E-state index contributed by atoms with van der Waals surface area (Å²) in [7, 11) is 0. The summed E-state index contributed by atoms with van der Waals surface area (Å²) >= 11 is 15.2. The lowest BCUT2D eigenvalue weighted by molar-refractivity contribution is 0.649. The molecule has 0 saturated heterocycles. The molecule has 0 fully saturated rings. The second-order valence-electron chi connectivity index (χ2n) is 5.41. The number of thiazole rings is 1. The molecule has 0 atom stereocenters. The average Bonchev–Trinajstić information content (AvgIpc) is 3.21. The fraction of sp³-hybridized carbons (Fsp3) is 0.118. The lowest BCUT2D eigenvalue weighted by Gasteiger charge is -2.00. The molecule has 0 N–H and O–H groups in total. The normalized spacial score (nSPS) is 11.3. The number of nitrogens with zero attached hydrogens (tertiary/aromatic N) is 4. The quantitative estimate of drug-likeness (QED) is 0.408. The maximum Gasteiger partial charge on any atom is 0.151 e. The van der Waals surface area contributed by atoms with Crippen LogP contribution in [0.25, 0.3) is 10.2 Å². The van der Waals surface area contributed by atoms with Crippen LogP contribution in [-0.4, -0.2) is 20.0 Å². The molecule has 0 aliphatic heterocycles. The van der Waals surface area contributed by atoms with Gasteiger partial charge in [0.2, 0.25) is 0 Å². The van der Waals surface area contributed by atoms with E-state index in [0.717, 1.165) is 36.6 Å². The van der Waals surface area contributed by atoms with Crippen LogP contribution in [0.4, 0.5) is 0 Å². The first-order chi connectivity index (χ1) is 12.2. The zero-order valence-electron chi connectivity index (χ0n) is 12.9. The molecule has 0 amide bonds. The first kappa shape index (κ1) is 16.8. The van der Waals surface area contributed by atoms with Gasteiger partial charge in [0.05, 0.1) is 22.5 Å². The zero-order valence-corrected chi connectivity index (χ0v) is 16.0. The lowest BCUT2D eigenvalue weighted by atomic mass is 10.2. The number of hydrogen-bond donors (Lipinski definition) is 0. The maximum atomic E-state index is 6.01. The molecule has 0 saturated carbocycles. The third-order valence-electron chi connectivity index (χ3n) is 3.52. The second kappa shape index (κ2) is 7.33. The van der Waals surface area contributed by atoms with Crippen molar-refractivity contribution in [1.29, 1.82) is 0 Å². The van der Waals surface area contributed by atoms with Crippen LogP contribution in [0.3, 0.4) is 0 Å². The van der Waals surface area contributed by atoms with Crippen molar-refractivity contribution in [1.82, 2.24) is 20.0 Å². The van der Waals surface area contributed by atoms with E-state index in [1.165, 1.54) is 0 Å². The zero-order chi connectivity index (χ0) is 17.2. The molecule has 0 spiro atoms. The first-order valence-electron chi connectivity index (χ1n) is 7.48. The van der Waals surface area contributed by atoms with E-state index in [4.69, 9.17) is 23.2 Å². The molecule has 0 radical (unpaired) electrons. The van der Waals surface area contributed by atoms with Gasteiger partial charge in [0, 0.05) is 22.0 Å². The van der Waals surface area contributed by atoms with Crippen molar-refractivity contribution in [2.45, 2.75) is 16.6 Å². The predicted octanol–water partition coefficient (Wildman–Crippen LogP) is 5.54. The second-order valence-corrected chi connectivity index (χ2v) is 8.54. The first-order valence-corrected chi connectivity index (χ1v) is 10.0. The number of hydrogen-bond acceptors (Lipinski definition) is 5. The number of fused-ring (bicyclic) bond motifs is 1. The van der Waals surface area contributed by atoms with E-state index in [1.807, 2.05) is 53.3 Å². The van der Waals surface area contributed by atoms with Gasteiger partial charge in [0.25, 0.3) is 0 Å². The number of benzene rings is 2. The van der Waals surface area contributed by atoms with Crippen LogP contribution in [0.15, 0.2) is 53.0 Å². The predicted molar refractivity (Wildman–Crippen MR) is 105 cm³/mol. The molecule has 126 valence electrons. The van der Waals surface area contributed by atoms with E-state index in [2.05, 4.69) is 15.3 Å². The molecular formula is C17H12Cl2N4S2.